The molecule has 0 saturated carbocycles. The molecule has 1 unspecified atom stereocenters. The fraction of sp³-hybridized carbons (Fsp3) is 1.00. The van der Waals surface area contributed by atoms with Crippen LogP contribution in [0.15, 0.2) is 0 Å². The first-order valence-corrected chi connectivity index (χ1v) is 8.20. The van der Waals surface area contributed by atoms with Crippen LogP contribution in [0.5, 0.6) is 0 Å². The van der Waals surface area contributed by atoms with Crippen LogP contribution >= 0.6 is 7.91 Å². The van der Waals surface area contributed by atoms with Crippen LogP contribution in [0.2, 0.25) is 0 Å². The van der Waals surface area contributed by atoms with E-state index >= 15 is 0 Å². The van der Waals surface area contributed by atoms with Gasteiger partial charge in [-0.3, -0.25) is 9.42 Å². The van der Waals surface area contributed by atoms with Gasteiger partial charge in [-0.05, 0) is 6.42 Å². The average Bonchev–Trinajstić information content (AvgIpc) is 2.24. The van der Waals surface area contributed by atoms with E-state index in [0.717, 1.165) is 12.8 Å². The summed E-state index contributed by atoms with van der Waals surface area (Å²) in [5.41, 5.74) is 0. The molecule has 18 heavy (non-hydrogen) atoms. The van der Waals surface area contributed by atoms with E-state index in [2.05, 4.69) is 11.4 Å². The molecule has 3 nitrogen and oxygen atoms in total. The molecular formula is C12H26FNaO3P+. The van der Waals surface area contributed by atoms with Crippen LogP contribution in [0.25, 0.3) is 0 Å². The Bertz CT molecular complexity index is 211. The van der Waals surface area contributed by atoms with Crippen molar-refractivity contribution in [2.75, 3.05) is 6.61 Å². The molecule has 104 valence electrons. The van der Waals surface area contributed by atoms with Gasteiger partial charge in [0.05, 0.1) is 6.61 Å². The summed E-state index contributed by atoms with van der Waals surface area (Å²) in [6, 6.07) is 0. The van der Waals surface area contributed by atoms with Gasteiger partial charge < -0.3 is 0 Å². The maximum absolute atomic E-state index is 12.1. The van der Waals surface area contributed by atoms with Crippen molar-refractivity contribution in [2.24, 2.45) is 0 Å². The average molecular weight is 291 g/mol. The number of unbranched alkanes of at least 4 members (excludes halogenated alkanes) is 9. The Morgan fingerprint density at radius 2 is 1.33 bits per heavy atom. The SMILES string of the molecule is CCCCCCCCCCCCOP(=O)(O)F.[Na+]. The second kappa shape index (κ2) is 14.5. The molecular weight excluding hydrogens is 265 g/mol. The normalized spacial score (nSPS) is 13.9. The third kappa shape index (κ3) is 19.4. The van der Waals surface area contributed by atoms with E-state index in [1.807, 2.05) is 0 Å². The smallest absolute Gasteiger partial charge is 0.299 e. The van der Waals surface area contributed by atoms with E-state index in [0.29, 0.717) is 6.42 Å². The fourth-order valence-corrected chi connectivity index (χ4v) is 2.12. The molecule has 0 spiro atoms. The predicted molar refractivity (Wildman–Crippen MR) is 68.7 cm³/mol. The molecule has 0 aromatic rings. The summed E-state index contributed by atoms with van der Waals surface area (Å²) >= 11 is 0. The largest absolute Gasteiger partial charge is 1.00 e. The molecule has 0 heterocycles. The Balaban J connectivity index is 0. The van der Waals surface area contributed by atoms with Crippen LogP contribution in [-0.2, 0) is 9.09 Å². The van der Waals surface area contributed by atoms with E-state index < -0.39 is 7.91 Å². The molecule has 0 aromatic carbocycles. The van der Waals surface area contributed by atoms with Gasteiger partial charge in [0.2, 0.25) is 0 Å². The van der Waals surface area contributed by atoms with Gasteiger partial charge in [-0.1, -0.05) is 64.7 Å². The van der Waals surface area contributed by atoms with Gasteiger partial charge in [0, 0.05) is 0 Å². The maximum Gasteiger partial charge on any atom is 1.00 e. The third-order valence-electron chi connectivity index (χ3n) is 2.75. The Hall–Kier alpha value is 1.08. The van der Waals surface area contributed by atoms with Crippen molar-refractivity contribution in [3.8, 4) is 0 Å². The van der Waals surface area contributed by atoms with Crippen LogP contribution in [-0.4, -0.2) is 11.5 Å². The Kier molecular flexibility index (Phi) is 17.2. The van der Waals surface area contributed by atoms with Crippen molar-refractivity contribution in [1.29, 1.82) is 0 Å². The second-order valence-corrected chi connectivity index (χ2v) is 5.63. The van der Waals surface area contributed by atoms with E-state index in [9.17, 15) is 8.76 Å². The summed E-state index contributed by atoms with van der Waals surface area (Å²) in [5, 5.41) is 0. The first-order chi connectivity index (χ1) is 8.06. The molecule has 0 radical (unpaired) electrons. The van der Waals surface area contributed by atoms with Crippen LogP contribution in [0.4, 0.5) is 4.20 Å². The first-order valence-electron chi connectivity index (χ1n) is 6.73. The summed E-state index contributed by atoms with van der Waals surface area (Å²) in [4.78, 5) is 8.23. The molecule has 1 N–H and O–H groups in total. The number of halogens is 1. The van der Waals surface area contributed by atoms with E-state index in [1.165, 1.54) is 44.9 Å². The molecule has 0 aliphatic rings. The van der Waals surface area contributed by atoms with Gasteiger partial charge in [-0.2, -0.15) is 0 Å². The monoisotopic (exact) mass is 291 g/mol. The van der Waals surface area contributed by atoms with Crippen molar-refractivity contribution in [3.63, 3.8) is 0 Å². The third-order valence-corrected chi connectivity index (χ3v) is 3.25. The Morgan fingerprint density at radius 1 is 0.944 bits per heavy atom. The number of hydrogen-bond acceptors (Lipinski definition) is 2. The van der Waals surface area contributed by atoms with Gasteiger partial charge in [0.25, 0.3) is 0 Å². The van der Waals surface area contributed by atoms with E-state index in [1.54, 1.807) is 0 Å². The summed E-state index contributed by atoms with van der Waals surface area (Å²) in [5.74, 6) is 0. The van der Waals surface area contributed by atoms with Crippen LogP contribution < -0.4 is 29.6 Å². The molecule has 0 aliphatic heterocycles. The minimum atomic E-state index is -4.74. The zero-order chi connectivity index (χ0) is 13.0. The standard InChI is InChI=1S/C12H26FO3P.Na/c1-2-3-4-5-6-7-8-9-10-11-12-16-17(13,14)15;/h2-12H2,1H3,(H,14,15);/q;+1. The summed E-state index contributed by atoms with van der Waals surface area (Å²) in [6.45, 7) is 2.26. The van der Waals surface area contributed by atoms with Crippen LogP contribution in [0.1, 0.15) is 71.1 Å². The van der Waals surface area contributed by atoms with E-state index in [-0.39, 0.29) is 36.2 Å². The van der Waals surface area contributed by atoms with Gasteiger partial charge in [-0.25, -0.2) is 4.57 Å². The predicted octanol–water partition coefficient (Wildman–Crippen LogP) is 2.00. The molecule has 0 rings (SSSR count). The maximum atomic E-state index is 12.1. The molecule has 0 bridgehead atoms. The molecule has 6 heteroatoms. The Morgan fingerprint density at radius 3 is 1.72 bits per heavy atom. The minimum absolute atomic E-state index is 0. The van der Waals surface area contributed by atoms with Gasteiger partial charge >= 0.3 is 37.5 Å². The summed E-state index contributed by atoms with van der Waals surface area (Å²) in [6.07, 6.45) is 11.7. The van der Waals surface area contributed by atoms with Gasteiger partial charge in [0.15, 0.2) is 0 Å². The zero-order valence-corrected chi connectivity index (χ0v) is 14.8. The summed E-state index contributed by atoms with van der Waals surface area (Å²) < 4.78 is 26.3. The van der Waals surface area contributed by atoms with Crippen molar-refractivity contribution >= 4 is 7.91 Å². The molecule has 1 atom stereocenters. The number of hydrogen-bond donors (Lipinski definition) is 1. The quantitative estimate of drug-likeness (QED) is 0.340. The zero-order valence-electron chi connectivity index (χ0n) is 11.9. The summed E-state index contributed by atoms with van der Waals surface area (Å²) in [7, 11) is -4.74. The topological polar surface area (TPSA) is 46.5 Å². The van der Waals surface area contributed by atoms with Crippen LogP contribution in [0.3, 0.4) is 0 Å². The Labute approximate surface area is 133 Å². The van der Waals surface area contributed by atoms with Crippen molar-refractivity contribution < 1.29 is 47.7 Å². The fourth-order valence-electron chi connectivity index (χ4n) is 1.77. The first kappa shape index (κ1) is 21.4. The minimum Gasteiger partial charge on any atom is -0.299 e. The molecule has 0 fully saturated rings. The van der Waals surface area contributed by atoms with Crippen LogP contribution in [0, 0.1) is 0 Å². The molecule has 0 aromatic heterocycles. The van der Waals surface area contributed by atoms with Gasteiger partial charge in [0.1, 0.15) is 0 Å². The second-order valence-electron chi connectivity index (χ2n) is 4.47. The molecule has 0 amide bonds. The number of rotatable bonds is 12. The van der Waals surface area contributed by atoms with Crippen molar-refractivity contribution in [2.45, 2.75) is 71.1 Å². The molecule has 0 saturated heterocycles. The molecule has 0 aliphatic carbocycles. The van der Waals surface area contributed by atoms with Gasteiger partial charge in [-0.15, -0.1) is 4.20 Å². The van der Waals surface area contributed by atoms with Crippen molar-refractivity contribution in [1.82, 2.24) is 0 Å². The van der Waals surface area contributed by atoms with E-state index in [4.69, 9.17) is 4.89 Å². The van der Waals surface area contributed by atoms with Crippen molar-refractivity contribution in [3.05, 3.63) is 0 Å².